The predicted octanol–water partition coefficient (Wildman–Crippen LogP) is 2.30. The molecule has 0 spiro atoms. The van der Waals surface area contributed by atoms with Crippen molar-refractivity contribution in [1.82, 2.24) is 5.32 Å². The lowest BCUT2D eigenvalue weighted by atomic mass is 10.1. The Balaban J connectivity index is 2.12. The zero-order valence-corrected chi connectivity index (χ0v) is 10.7. The van der Waals surface area contributed by atoms with Crippen molar-refractivity contribution in [2.24, 2.45) is 0 Å². The van der Waals surface area contributed by atoms with E-state index in [0.29, 0.717) is 13.2 Å². The highest BCUT2D eigenvalue weighted by atomic mass is 19.1. The third-order valence-corrected chi connectivity index (χ3v) is 2.51. The Morgan fingerprint density at radius 2 is 2.00 bits per heavy atom. The van der Waals surface area contributed by atoms with Crippen LogP contribution in [-0.2, 0) is 16.0 Å². The van der Waals surface area contributed by atoms with Crippen molar-refractivity contribution in [2.45, 2.75) is 26.2 Å². The highest BCUT2D eigenvalue weighted by Crippen LogP contribution is 2.04. The summed E-state index contributed by atoms with van der Waals surface area (Å²) < 4.78 is 17.7. The molecule has 0 aliphatic heterocycles. The number of hydrogen-bond donors (Lipinski definition) is 1. The second-order valence-corrected chi connectivity index (χ2v) is 4.13. The fourth-order valence-electron chi connectivity index (χ4n) is 1.48. The van der Waals surface area contributed by atoms with Crippen molar-refractivity contribution in [3.8, 4) is 0 Å². The normalized spacial score (nSPS) is 10.3. The van der Waals surface area contributed by atoms with E-state index in [9.17, 15) is 9.18 Å². The summed E-state index contributed by atoms with van der Waals surface area (Å²) in [7, 11) is 0. The number of esters is 1. The minimum atomic E-state index is -0.299. The summed E-state index contributed by atoms with van der Waals surface area (Å²) in [6, 6.07) is 5.87. The van der Waals surface area contributed by atoms with Gasteiger partial charge in [0.1, 0.15) is 12.4 Å². The summed E-state index contributed by atoms with van der Waals surface area (Å²) in [6.45, 7) is 4.13. The lowest BCUT2D eigenvalue weighted by molar-refractivity contribution is -0.142. The van der Waals surface area contributed by atoms with Gasteiger partial charge in [0, 0.05) is 6.54 Å². The SMILES string of the molecule is CCCCNCCOC(=O)Cc1ccc(F)cc1. The standard InChI is InChI=1S/C14H20FNO2/c1-2-3-8-16-9-10-18-14(17)11-12-4-6-13(15)7-5-12/h4-7,16H,2-3,8-11H2,1H3. The third-order valence-electron chi connectivity index (χ3n) is 2.51. The molecule has 0 aliphatic carbocycles. The molecule has 1 rings (SSSR count). The summed E-state index contributed by atoms with van der Waals surface area (Å²) in [5.74, 6) is -0.578. The quantitative estimate of drug-likeness (QED) is 0.570. The molecule has 100 valence electrons. The van der Waals surface area contributed by atoms with Gasteiger partial charge in [0.2, 0.25) is 0 Å². The summed E-state index contributed by atoms with van der Waals surface area (Å²) in [4.78, 5) is 11.4. The Bertz CT molecular complexity index is 351. The molecule has 0 aliphatic rings. The number of benzene rings is 1. The van der Waals surface area contributed by atoms with Crippen LogP contribution in [0.2, 0.25) is 0 Å². The molecule has 0 bridgehead atoms. The Hall–Kier alpha value is -1.42. The van der Waals surface area contributed by atoms with E-state index in [1.54, 1.807) is 12.1 Å². The molecule has 0 heterocycles. The van der Waals surface area contributed by atoms with E-state index in [1.165, 1.54) is 12.1 Å². The van der Waals surface area contributed by atoms with Crippen LogP contribution in [-0.4, -0.2) is 25.7 Å². The van der Waals surface area contributed by atoms with Crippen LogP contribution in [0, 0.1) is 5.82 Å². The van der Waals surface area contributed by atoms with E-state index in [4.69, 9.17) is 4.74 Å². The van der Waals surface area contributed by atoms with Gasteiger partial charge in [-0.2, -0.15) is 0 Å². The molecule has 0 fully saturated rings. The van der Waals surface area contributed by atoms with E-state index in [2.05, 4.69) is 12.2 Å². The van der Waals surface area contributed by atoms with Gasteiger partial charge in [0.25, 0.3) is 0 Å². The van der Waals surface area contributed by atoms with Gasteiger partial charge in [0.05, 0.1) is 6.42 Å². The first-order chi connectivity index (χ1) is 8.72. The van der Waals surface area contributed by atoms with E-state index in [0.717, 1.165) is 24.9 Å². The van der Waals surface area contributed by atoms with Crippen molar-refractivity contribution in [3.05, 3.63) is 35.6 Å². The topological polar surface area (TPSA) is 38.3 Å². The van der Waals surface area contributed by atoms with Crippen molar-refractivity contribution >= 4 is 5.97 Å². The lowest BCUT2D eigenvalue weighted by Crippen LogP contribution is -2.22. The number of carbonyl (C=O) groups is 1. The fourth-order valence-corrected chi connectivity index (χ4v) is 1.48. The van der Waals surface area contributed by atoms with Crippen molar-refractivity contribution in [3.63, 3.8) is 0 Å². The van der Waals surface area contributed by atoms with Crippen LogP contribution in [0.25, 0.3) is 0 Å². The van der Waals surface area contributed by atoms with Crippen LogP contribution in [0.4, 0.5) is 4.39 Å². The van der Waals surface area contributed by atoms with E-state index in [-0.39, 0.29) is 18.2 Å². The van der Waals surface area contributed by atoms with Crippen molar-refractivity contribution < 1.29 is 13.9 Å². The first-order valence-corrected chi connectivity index (χ1v) is 6.33. The smallest absolute Gasteiger partial charge is 0.310 e. The average molecular weight is 253 g/mol. The van der Waals surface area contributed by atoms with Gasteiger partial charge in [-0.15, -0.1) is 0 Å². The Kier molecular flexibility index (Phi) is 7.03. The largest absolute Gasteiger partial charge is 0.464 e. The molecular formula is C14H20FNO2. The highest BCUT2D eigenvalue weighted by molar-refractivity contribution is 5.72. The number of hydrogen-bond acceptors (Lipinski definition) is 3. The molecule has 0 aromatic heterocycles. The number of carbonyl (C=O) groups excluding carboxylic acids is 1. The van der Waals surface area contributed by atoms with Crippen LogP contribution < -0.4 is 5.32 Å². The number of ether oxygens (including phenoxy) is 1. The molecule has 0 atom stereocenters. The van der Waals surface area contributed by atoms with Crippen molar-refractivity contribution in [2.75, 3.05) is 19.7 Å². The maximum absolute atomic E-state index is 12.6. The number of unbranched alkanes of at least 4 members (excludes halogenated alkanes) is 1. The molecule has 1 N–H and O–H groups in total. The fraction of sp³-hybridized carbons (Fsp3) is 0.500. The molecule has 3 nitrogen and oxygen atoms in total. The van der Waals surface area contributed by atoms with E-state index < -0.39 is 0 Å². The Morgan fingerprint density at radius 3 is 2.67 bits per heavy atom. The molecule has 1 aromatic carbocycles. The van der Waals surface area contributed by atoms with Gasteiger partial charge in [-0.1, -0.05) is 25.5 Å². The molecule has 4 heteroatoms. The predicted molar refractivity (Wildman–Crippen MR) is 68.8 cm³/mol. The second-order valence-electron chi connectivity index (χ2n) is 4.13. The number of nitrogens with one attached hydrogen (secondary N) is 1. The van der Waals surface area contributed by atoms with Gasteiger partial charge in [0.15, 0.2) is 0 Å². The van der Waals surface area contributed by atoms with Crippen LogP contribution in [0.5, 0.6) is 0 Å². The van der Waals surface area contributed by atoms with Crippen molar-refractivity contribution in [1.29, 1.82) is 0 Å². The maximum atomic E-state index is 12.6. The molecule has 1 aromatic rings. The first kappa shape index (κ1) is 14.6. The first-order valence-electron chi connectivity index (χ1n) is 6.33. The molecule has 0 saturated carbocycles. The molecule has 18 heavy (non-hydrogen) atoms. The molecular weight excluding hydrogens is 233 g/mol. The van der Waals surface area contributed by atoms with Gasteiger partial charge < -0.3 is 10.1 Å². The Morgan fingerprint density at radius 1 is 1.28 bits per heavy atom. The van der Waals surface area contributed by atoms with Crippen LogP contribution in [0.15, 0.2) is 24.3 Å². The number of halogens is 1. The monoisotopic (exact) mass is 253 g/mol. The zero-order valence-electron chi connectivity index (χ0n) is 10.7. The molecule has 0 amide bonds. The Labute approximate surface area is 107 Å². The maximum Gasteiger partial charge on any atom is 0.310 e. The molecule has 0 radical (unpaired) electrons. The van der Waals surface area contributed by atoms with Gasteiger partial charge in [-0.05, 0) is 30.7 Å². The van der Waals surface area contributed by atoms with Gasteiger partial charge >= 0.3 is 5.97 Å². The minimum absolute atomic E-state index is 0.190. The van der Waals surface area contributed by atoms with E-state index >= 15 is 0 Å². The molecule has 0 saturated heterocycles. The highest BCUT2D eigenvalue weighted by Gasteiger charge is 2.04. The van der Waals surface area contributed by atoms with Crippen LogP contribution >= 0.6 is 0 Å². The van der Waals surface area contributed by atoms with Gasteiger partial charge in [-0.25, -0.2) is 4.39 Å². The summed E-state index contributed by atoms with van der Waals surface area (Å²) in [6.07, 6.45) is 2.47. The zero-order chi connectivity index (χ0) is 13.2. The van der Waals surface area contributed by atoms with Crippen LogP contribution in [0.1, 0.15) is 25.3 Å². The molecule has 0 unspecified atom stereocenters. The number of rotatable bonds is 8. The van der Waals surface area contributed by atoms with Gasteiger partial charge in [-0.3, -0.25) is 4.79 Å². The third kappa shape index (κ3) is 6.35. The lowest BCUT2D eigenvalue weighted by Gasteiger charge is -2.06. The summed E-state index contributed by atoms with van der Waals surface area (Å²) >= 11 is 0. The van der Waals surface area contributed by atoms with Crippen LogP contribution in [0.3, 0.4) is 0 Å². The summed E-state index contributed by atoms with van der Waals surface area (Å²) in [5, 5.41) is 3.19. The second kappa shape index (κ2) is 8.64. The summed E-state index contributed by atoms with van der Waals surface area (Å²) in [5.41, 5.74) is 0.764. The average Bonchev–Trinajstić information content (AvgIpc) is 2.36. The minimum Gasteiger partial charge on any atom is -0.464 e. The van der Waals surface area contributed by atoms with E-state index in [1.807, 2.05) is 0 Å².